The lowest BCUT2D eigenvalue weighted by atomic mass is 10.2. The zero-order chi connectivity index (χ0) is 20.8. The van der Waals surface area contributed by atoms with E-state index in [9.17, 15) is 4.79 Å². The minimum absolute atomic E-state index is 0.164. The maximum Gasteiger partial charge on any atom is 0.251 e. The topological polar surface area (TPSA) is 60.4 Å². The maximum atomic E-state index is 12.6. The Balaban J connectivity index is 1.24. The molecule has 1 aromatic carbocycles. The number of benzene rings is 1. The Kier molecular flexibility index (Phi) is 7.23. The van der Waals surface area contributed by atoms with Gasteiger partial charge in [-0.05, 0) is 37.8 Å². The molecular weight excluding hydrogens is 378 g/mol. The highest BCUT2D eigenvalue weighted by molar-refractivity contribution is 5.82. The van der Waals surface area contributed by atoms with Crippen molar-refractivity contribution >= 4 is 11.9 Å². The molecule has 0 aromatic heterocycles. The molecule has 3 saturated heterocycles. The van der Waals surface area contributed by atoms with Crippen molar-refractivity contribution in [3.63, 3.8) is 0 Å². The molecule has 3 fully saturated rings. The molecule has 2 atom stereocenters. The van der Waals surface area contributed by atoms with Crippen molar-refractivity contribution < 1.29 is 9.53 Å². The summed E-state index contributed by atoms with van der Waals surface area (Å²) in [7, 11) is 1.85. The summed E-state index contributed by atoms with van der Waals surface area (Å²) in [4.78, 5) is 23.9. The fourth-order valence-corrected chi connectivity index (χ4v) is 4.81. The first-order chi connectivity index (χ1) is 14.7. The molecule has 3 aliphatic heterocycles. The number of carbonyl (C=O) groups excluding carboxylic acids is 1. The largest absolute Gasteiger partial charge is 0.368 e. The molecule has 1 N–H and O–H groups in total. The van der Waals surface area contributed by atoms with Gasteiger partial charge < -0.3 is 19.9 Å². The van der Waals surface area contributed by atoms with E-state index in [-0.39, 0.29) is 12.0 Å². The number of likely N-dealkylation sites (tertiary alicyclic amines) is 1. The van der Waals surface area contributed by atoms with Crippen molar-refractivity contribution in [3.8, 4) is 0 Å². The van der Waals surface area contributed by atoms with E-state index in [0.717, 1.165) is 71.2 Å². The average molecular weight is 414 g/mol. The van der Waals surface area contributed by atoms with E-state index in [2.05, 4.69) is 50.4 Å². The molecule has 0 spiro atoms. The molecule has 3 aliphatic rings. The smallest absolute Gasteiger partial charge is 0.251 e. The number of carbonyl (C=O) groups is 1. The van der Waals surface area contributed by atoms with Gasteiger partial charge in [-0.2, -0.15) is 0 Å². The second-order valence-corrected chi connectivity index (χ2v) is 8.49. The van der Waals surface area contributed by atoms with Crippen LogP contribution < -0.4 is 5.32 Å². The monoisotopic (exact) mass is 413 g/mol. The van der Waals surface area contributed by atoms with Gasteiger partial charge in [-0.25, -0.2) is 0 Å². The Morgan fingerprint density at radius 1 is 1.07 bits per heavy atom. The molecule has 0 bridgehead atoms. The number of nitrogens with one attached hydrogen (secondary N) is 1. The van der Waals surface area contributed by atoms with Crippen LogP contribution in [0.4, 0.5) is 0 Å². The molecule has 7 heteroatoms. The van der Waals surface area contributed by atoms with Gasteiger partial charge in [0.25, 0.3) is 5.91 Å². The number of amides is 1. The molecule has 3 heterocycles. The third-order valence-electron chi connectivity index (χ3n) is 6.53. The van der Waals surface area contributed by atoms with Gasteiger partial charge in [0, 0.05) is 59.0 Å². The average Bonchev–Trinajstić information content (AvgIpc) is 3.47. The van der Waals surface area contributed by atoms with Gasteiger partial charge in [-0.3, -0.25) is 14.7 Å². The van der Waals surface area contributed by atoms with E-state index in [4.69, 9.17) is 4.74 Å². The van der Waals surface area contributed by atoms with Crippen LogP contribution in [0, 0.1) is 0 Å². The minimum Gasteiger partial charge on any atom is -0.368 e. The van der Waals surface area contributed by atoms with Crippen LogP contribution in [-0.2, 0) is 16.1 Å². The van der Waals surface area contributed by atoms with E-state index in [1.165, 1.54) is 18.4 Å². The van der Waals surface area contributed by atoms with Crippen LogP contribution in [0.5, 0.6) is 0 Å². The van der Waals surface area contributed by atoms with Crippen molar-refractivity contribution in [3.05, 3.63) is 35.9 Å². The first-order valence-corrected chi connectivity index (χ1v) is 11.4. The Hall–Kier alpha value is -2.12. The fourth-order valence-electron chi connectivity index (χ4n) is 4.81. The van der Waals surface area contributed by atoms with Gasteiger partial charge in [0.15, 0.2) is 5.96 Å². The summed E-state index contributed by atoms with van der Waals surface area (Å²) in [6.07, 6.45) is 4.12. The summed E-state index contributed by atoms with van der Waals surface area (Å²) in [5, 5.41) is 3.60. The highest BCUT2D eigenvalue weighted by Crippen LogP contribution is 2.20. The Morgan fingerprint density at radius 2 is 1.83 bits per heavy atom. The van der Waals surface area contributed by atoms with Crippen molar-refractivity contribution in [1.29, 1.82) is 0 Å². The maximum absolute atomic E-state index is 12.6. The summed E-state index contributed by atoms with van der Waals surface area (Å²) in [5.41, 5.74) is 1.38. The molecule has 0 aliphatic carbocycles. The summed E-state index contributed by atoms with van der Waals surface area (Å²) in [6, 6.07) is 11.3. The van der Waals surface area contributed by atoms with Crippen LogP contribution in [-0.4, -0.2) is 91.6 Å². The number of aliphatic imine (C=N–C) groups is 1. The van der Waals surface area contributed by atoms with Gasteiger partial charge in [0.05, 0.1) is 0 Å². The SMILES string of the molecule is CN=C(NCC1CCCN1Cc1ccccc1)N1CCN(C(=O)C2CCCO2)CC1. The van der Waals surface area contributed by atoms with Crippen molar-refractivity contribution in [2.45, 2.75) is 44.4 Å². The number of piperazine rings is 1. The van der Waals surface area contributed by atoms with Crippen LogP contribution in [0.2, 0.25) is 0 Å². The molecule has 30 heavy (non-hydrogen) atoms. The standard InChI is InChI=1S/C23H35N5O2/c1-24-23(27-14-12-26(13-15-27)22(29)21-10-6-16-30-21)25-17-20-9-5-11-28(20)18-19-7-3-2-4-8-19/h2-4,7-8,20-21H,5-6,9-18H2,1H3,(H,24,25). The lowest BCUT2D eigenvalue weighted by Gasteiger charge is -2.37. The number of guanidine groups is 1. The van der Waals surface area contributed by atoms with E-state index in [1.807, 2.05) is 11.9 Å². The first-order valence-electron chi connectivity index (χ1n) is 11.4. The van der Waals surface area contributed by atoms with E-state index in [1.54, 1.807) is 0 Å². The van der Waals surface area contributed by atoms with Gasteiger partial charge in [-0.15, -0.1) is 0 Å². The molecule has 0 radical (unpaired) electrons. The third kappa shape index (κ3) is 5.13. The Labute approximate surface area is 180 Å². The lowest BCUT2D eigenvalue weighted by molar-refractivity contribution is -0.142. The van der Waals surface area contributed by atoms with Crippen LogP contribution >= 0.6 is 0 Å². The fraction of sp³-hybridized carbons (Fsp3) is 0.652. The molecule has 4 rings (SSSR count). The normalized spacial score (nSPS) is 25.7. The number of ether oxygens (including phenoxy) is 1. The predicted molar refractivity (Wildman–Crippen MR) is 118 cm³/mol. The zero-order valence-electron chi connectivity index (χ0n) is 18.1. The minimum atomic E-state index is -0.216. The highest BCUT2D eigenvalue weighted by atomic mass is 16.5. The van der Waals surface area contributed by atoms with Crippen LogP contribution in [0.3, 0.4) is 0 Å². The van der Waals surface area contributed by atoms with Gasteiger partial charge in [0.1, 0.15) is 6.10 Å². The molecule has 2 unspecified atom stereocenters. The molecular formula is C23H35N5O2. The molecule has 0 saturated carbocycles. The number of nitrogens with zero attached hydrogens (tertiary/aromatic N) is 4. The predicted octanol–water partition coefficient (Wildman–Crippen LogP) is 1.55. The molecule has 1 amide bonds. The highest BCUT2D eigenvalue weighted by Gasteiger charge is 2.31. The molecule has 164 valence electrons. The number of hydrogen-bond donors (Lipinski definition) is 1. The van der Waals surface area contributed by atoms with Crippen LogP contribution in [0.25, 0.3) is 0 Å². The Morgan fingerprint density at radius 3 is 2.53 bits per heavy atom. The van der Waals surface area contributed by atoms with Gasteiger partial charge in [0.2, 0.25) is 0 Å². The van der Waals surface area contributed by atoms with Gasteiger partial charge in [-0.1, -0.05) is 30.3 Å². The van der Waals surface area contributed by atoms with Crippen molar-refractivity contribution in [2.75, 3.05) is 52.9 Å². The second-order valence-electron chi connectivity index (χ2n) is 8.49. The van der Waals surface area contributed by atoms with Crippen LogP contribution in [0.15, 0.2) is 35.3 Å². The quantitative estimate of drug-likeness (QED) is 0.586. The first kappa shape index (κ1) is 21.1. The van der Waals surface area contributed by atoms with Crippen LogP contribution in [0.1, 0.15) is 31.2 Å². The van der Waals surface area contributed by atoms with E-state index >= 15 is 0 Å². The lowest BCUT2D eigenvalue weighted by Crippen LogP contribution is -2.56. The zero-order valence-corrected chi connectivity index (χ0v) is 18.1. The number of rotatable bonds is 5. The summed E-state index contributed by atoms with van der Waals surface area (Å²) in [6.45, 7) is 6.91. The summed E-state index contributed by atoms with van der Waals surface area (Å²) >= 11 is 0. The van der Waals surface area contributed by atoms with E-state index < -0.39 is 0 Å². The number of hydrogen-bond acceptors (Lipinski definition) is 4. The van der Waals surface area contributed by atoms with Gasteiger partial charge >= 0.3 is 0 Å². The summed E-state index contributed by atoms with van der Waals surface area (Å²) < 4.78 is 5.57. The van der Waals surface area contributed by atoms with E-state index in [0.29, 0.717) is 6.04 Å². The second kappa shape index (κ2) is 10.3. The summed E-state index contributed by atoms with van der Waals surface area (Å²) in [5.74, 6) is 1.11. The molecule has 7 nitrogen and oxygen atoms in total. The molecule has 1 aromatic rings. The van der Waals surface area contributed by atoms with Crippen molar-refractivity contribution in [1.82, 2.24) is 20.0 Å². The third-order valence-corrected chi connectivity index (χ3v) is 6.53. The Bertz CT molecular complexity index is 712. The van der Waals surface area contributed by atoms with Crippen molar-refractivity contribution in [2.24, 2.45) is 4.99 Å².